The van der Waals surface area contributed by atoms with E-state index in [-0.39, 0.29) is 6.10 Å². The number of hydrogen-bond donors (Lipinski definition) is 1. The summed E-state index contributed by atoms with van der Waals surface area (Å²) >= 11 is 0. The topological polar surface area (TPSA) is 38.5 Å². The third kappa shape index (κ3) is 7.15. The summed E-state index contributed by atoms with van der Waals surface area (Å²) in [5.74, 6) is 0.724. The van der Waals surface area contributed by atoms with Gasteiger partial charge in [0.05, 0.1) is 5.69 Å². The maximum atomic E-state index is 6.47. The Morgan fingerprint density at radius 2 is 0.864 bits per heavy atom. The van der Waals surface area contributed by atoms with Crippen LogP contribution >= 0.6 is 0 Å². The highest BCUT2D eigenvalue weighted by Gasteiger charge is 2.16. The summed E-state index contributed by atoms with van der Waals surface area (Å²) in [5, 5.41) is 6.90. The molecule has 3 nitrogen and oxygen atoms in total. The standard InChI is InChI=1S/C56H42N2O/c1-38(39-12-5-2-6-13-39)59-56-54-30-27-48(34-49(54)28-31-55(56)57)47-25-24-45-32-44(22-23-46(45)33-47)42-16-11-19-52(36-42)58(51-17-9-4-10-18-51)53-29-26-41-20-21-43(35-50(41)37-53)40-14-7-3-8-15-40/h2-38H,57H2,1H3. The molecule has 3 heteroatoms. The Bertz CT molecular complexity index is 3110. The molecule has 10 rings (SSSR count). The molecule has 59 heavy (non-hydrogen) atoms. The van der Waals surface area contributed by atoms with Gasteiger partial charge < -0.3 is 15.4 Å². The van der Waals surface area contributed by atoms with Crippen LogP contribution in [0.3, 0.4) is 0 Å². The van der Waals surface area contributed by atoms with Crippen LogP contribution < -0.4 is 15.4 Å². The van der Waals surface area contributed by atoms with Crippen LogP contribution in [0.25, 0.3) is 65.7 Å². The maximum absolute atomic E-state index is 6.47. The predicted molar refractivity (Wildman–Crippen MR) is 250 cm³/mol. The Morgan fingerprint density at radius 3 is 1.58 bits per heavy atom. The second-order valence-electron chi connectivity index (χ2n) is 15.2. The molecule has 0 aliphatic rings. The van der Waals surface area contributed by atoms with Gasteiger partial charge in [0.15, 0.2) is 5.75 Å². The fourth-order valence-electron chi connectivity index (χ4n) is 8.24. The van der Waals surface area contributed by atoms with Crippen LogP contribution in [-0.4, -0.2) is 0 Å². The van der Waals surface area contributed by atoms with Gasteiger partial charge in [-0.1, -0.05) is 146 Å². The summed E-state index contributed by atoms with van der Waals surface area (Å²) in [4.78, 5) is 2.35. The van der Waals surface area contributed by atoms with Crippen molar-refractivity contribution in [3.63, 3.8) is 0 Å². The molecule has 10 aromatic carbocycles. The average molecular weight is 759 g/mol. The lowest BCUT2D eigenvalue weighted by molar-refractivity contribution is 0.231. The molecular weight excluding hydrogens is 717 g/mol. The highest BCUT2D eigenvalue weighted by atomic mass is 16.5. The summed E-state index contributed by atoms with van der Waals surface area (Å²) in [7, 11) is 0. The number of para-hydroxylation sites is 1. The number of benzene rings is 10. The lowest BCUT2D eigenvalue weighted by atomic mass is 9.96. The van der Waals surface area contributed by atoms with E-state index in [4.69, 9.17) is 10.5 Å². The molecular formula is C56H42N2O. The molecule has 1 atom stereocenters. The van der Waals surface area contributed by atoms with Crippen molar-refractivity contribution >= 4 is 55.1 Å². The zero-order valence-corrected chi connectivity index (χ0v) is 32.8. The lowest BCUT2D eigenvalue weighted by Crippen LogP contribution is -2.09. The largest absolute Gasteiger partial charge is 0.483 e. The van der Waals surface area contributed by atoms with Gasteiger partial charge in [-0.2, -0.15) is 0 Å². The van der Waals surface area contributed by atoms with Gasteiger partial charge in [0.25, 0.3) is 0 Å². The van der Waals surface area contributed by atoms with E-state index in [0.717, 1.165) is 55.8 Å². The molecule has 0 aliphatic heterocycles. The second-order valence-corrected chi connectivity index (χ2v) is 15.2. The van der Waals surface area contributed by atoms with Crippen molar-refractivity contribution < 1.29 is 4.74 Å². The van der Waals surface area contributed by atoms with E-state index in [1.54, 1.807) is 0 Å². The number of nitrogen functional groups attached to an aromatic ring is 1. The normalized spacial score (nSPS) is 11.8. The number of ether oxygens (including phenoxy) is 1. The fraction of sp³-hybridized carbons (Fsp3) is 0.0357. The molecule has 0 spiro atoms. The van der Waals surface area contributed by atoms with E-state index in [1.165, 1.54) is 38.2 Å². The van der Waals surface area contributed by atoms with Gasteiger partial charge in [0.2, 0.25) is 0 Å². The first-order valence-corrected chi connectivity index (χ1v) is 20.2. The van der Waals surface area contributed by atoms with Crippen molar-refractivity contribution in [2.24, 2.45) is 0 Å². The van der Waals surface area contributed by atoms with Crippen molar-refractivity contribution in [3.8, 4) is 39.1 Å². The summed E-state index contributed by atoms with van der Waals surface area (Å²) in [5.41, 5.74) is 18.6. The summed E-state index contributed by atoms with van der Waals surface area (Å²) < 4.78 is 6.47. The van der Waals surface area contributed by atoms with E-state index in [1.807, 2.05) is 24.3 Å². The van der Waals surface area contributed by atoms with Crippen LogP contribution in [0.2, 0.25) is 0 Å². The van der Waals surface area contributed by atoms with Crippen molar-refractivity contribution in [1.29, 1.82) is 0 Å². The maximum Gasteiger partial charge on any atom is 0.150 e. The molecule has 0 bridgehead atoms. The highest BCUT2D eigenvalue weighted by Crippen LogP contribution is 2.40. The molecule has 1 unspecified atom stereocenters. The van der Waals surface area contributed by atoms with E-state index in [2.05, 4.69) is 206 Å². The molecule has 0 aromatic heterocycles. The molecule has 0 amide bonds. The Kier molecular flexibility index (Phi) is 9.32. The molecule has 10 aromatic rings. The number of fused-ring (bicyclic) bond motifs is 3. The number of nitrogens with two attached hydrogens (primary N) is 1. The minimum atomic E-state index is -0.127. The Balaban J connectivity index is 0.958. The minimum absolute atomic E-state index is 0.127. The molecule has 2 N–H and O–H groups in total. The zero-order chi connectivity index (χ0) is 39.7. The summed E-state index contributed by atoms with van der Waals surface area (Å²) in [6.45, 7) is 2.06. The van der Waals surface area contributed by atoms with Crippen molar-refractivity contribution in [2.75, 3.05) is 10.6 Å². The Morgan fingerprint density at radius 1 is 0.373 bits per heavy atom. The SMILES string of the molecule is CC(Oc1c(N)ccc2cc(-c3ccc4cc(-c5cccc(N(c6ccccc6)c6ccc7ccc(-c8ccccc8)cc7c6)c5)ccc4c3)ccc12)c1ccccc1. The number of anilines is 4. The first-order valence-electron chi connectivity index (χ1n) is 20.2. The molecule has 0 heterocycles. The van der Waals surface area contributed by atoms with Crippen molar-refractivity contribution in [3.05, 3.63) is 224 Å². The predicted octanol–water partition coefficient (Wildman–Crippen LogP) is 15.3. The van der Waals surface area contributed by atoms with Crippen LogP contribution in [-0.2, 0) is 0 Å². The fourth-order valence-corrected chi connectivity index (χ4v) is 8.24. The molecule has 0 radical (unpaired) electrons. The first kappa shape index (κ1) is 35.8. The second kappa shape index (κ2) is 15.4. The van der Waals surface area contributed by atoms with Gasteiger partial charge in [-0.25, -0.2) is 0 Å². The number of nitrogens with zero attached hydrogens (tertiary/aromatic N) is 1. The van der Waals surface area contributed by atoms with Crippen LogP contribution in [0, 0.1) is 0 Å². The highest BCUT2D eigenvalue weighted by molar-refractivity contribution is 5.98. The average Bonchev–Trinajstić information content (AvgIpc) is 3.30. The number of rotatable bonds is 9. The van der Waals surface area contributed by atoms with Gasteiger partial charge >= 0.3 is 0 Å². The summed E-state index contributed by atoms with van der Waals surface area (Å²) in [6, 6.07) is 77.8. The monoisotopic (exact) mass is 758 g/mol. The van der Waals surface area contributed by atoms with Crippen molar-refractivity contribution in [1.82, 2.24) is 0 Å². The smallest absolute Gasteiger partial charge is 0.150 e. The van der Waals surface area contributed by atoms with Crippen molar-refractivity contribution in [2.45, 2.75) is 13.0 Å². The molecule has 0 saturated heterocycles. The van der Waals surface area contributed by atoms with E-state index in [9.17, 15) is 0 Å². The zero-order valence-electron chi connectivity index (χ0n) is 32.8. The van der Waals surface area contributed by atoms with Crippen LogP contribution in [0.5, 0.6) is 5.75 Å². The van der Waals surface area contributed by atoms with Gasteiger partial charge in [-0.15, -0.1) is 0 Å². The molecule has 0 fully saturated rings. The Labute approximate surface area is 345 Å². The Hall–Kier alpha value is -7.62. The van der Waals surface area contributed by atoms with Gasteiger partial charge in [0.1, 0.15) is 6.10 Å². The van der Waals surface area contributed by atoms with Gasteiger partial charge in [-0.05, 0) is 146 Å². The van der Waals surface area contributed by atoms with E-state index < -0.39 is 0 Å². The van der Waals surface area contributed by atoms with Crippen LogP contribution in [0.4, 0.5) is 22.7 Å². The molecule has 282 valence electrons. The van der Waals surface area contributed by atoms with Crippen LogP contribution in [0.1, 0.15) is 18.6 Å². The van der Waals surface area contributed by atoms with Gasteiger partial charge in [-0.3, -0.25) is 0 Å². The van der Waals surface area contributed by atoms with Gasteiger partial charge in [0, 0.05) is 22.4 Å². The van der Waals surface area contributed by atoms with E-state index >= 15 is 0 Å². The number of hydrogen-bond acceptors (Lipinski definition) is 3. The minimum Gasteiger partial charge on any atom is -0.483 e. The third-order valence-electron chi connectivity index (χ3n) is 11.4. The molecule has 0 saturated carbocycles. The molecule has 0 aliphatic carbocycles. The first-order chi connectivity index (χ1) is 29.0. The summed E-state index contributed by atoms with van der Waals surface area (Å²) in [6.07, 6.45) is -0.127. The third-order valence-corrected chi connectivity index (χ3v) is 11.4. The lowest BCUT2D eigenvalue weighted by Gasteiger charge is -2.26. The van der Waals surface area contributed by atoms with E-state index in [0.29, 0.717) is 5.69 Å². The quantitative estimate of drug-likeness (QED) is 0.149. The van der Waals surface area contributed by atoms with Crippen LogP contribution in [0.15, 0.2) is 218 Å².